The van der Waals surface area contributed by atoms with Crippen molar-refractivity contribution >= 4 is 11.3 Å². The van der Waals surface area contributed by atoms with E-state index in [9.17, 15) is 8.78 Å². The minimum atomic E-state index is -2.78. The number of hydrogen-bond donors (Lipinski definition) is 1. The number of alkyl halides is 2. The van der Waals surface area contributed by atoms with E-state index in [2.05, 4.69) is 22.0 Å². The van der Waals surface area contributed by atoms with Gasteiger partial charge in [-0.1, -0.05) is 19.1 Å². The van der Waals surface area contributed by atoms with Gasteiger partial charge in [0.1, 0.15) is 10.8 Å². The fourth-order valence-electron chi connectivity index (χ4n) is 1.70. The van der Waals surface area contributed by atoms with Crippen LogP contribution < -0.4 is 10.1 Å². The van der Waals surface area contributed by atoms with Crippen LogP contribution >= 0.6 is 11.3 Å². The first-order valence-corrected chi connectivity index (χ1v) is 7.17. The van der Waals surface area contributed by atoms with E-state index in [1.54, 1.807) is 35.6 Å². The molecule has 0 saturated heterocycles. The SMILES string of the molecule is CCc1cnc(CNCc2ccc(OC(F)F)cc2)s1. The number of nitrogens with zero attached hydrogens (tertiary/aromatic N) is 1. The van der Waals surface area contributed by atoms with E-state index >= 15 is 0 Å². The zero-order chi connectivity index (χ0) is 14.4. The zero-order valence-electron chi connectivity index (χ0n) is 11.1. The quantitative estimate of drug-likeness (QED) is 0.848. The third kappa shape index (κ3) is 4.54. The number of ether oxygens (including phenoxy) is 1. The van der Waals surface area contributed by atoms with Gasteiger partial charge in [0.05, 0.1) is 0 Å². The minimum absolute atomic E-state index is 0.177. The highest BCUT2D eigenvalue weighted by Crippen LogP contribution is 2.15. The second-order valence-corrected chi connectivity index (χ2v) is 5.40. The van der Waals surface area contributed by atoms with Crippen LogP contribution in [0.4, 0.5) is 8.78 Å². The lowest BCUT2D eigenvalue weighted by molar-refractivity contribution is -0.0498. The van der Waals surface area contributed by atoms with E-state index in [1.165, 1.54) is 4.88 Å². The third-order valence-electron chi connectivity index (χ3n) is 2.70. The molecule has 0 amide bonds. The molecule has 1 aromatic heterocycles. The van der Waals surface area contributed by atoms with Crippen molar-refractivity contribution in [3.63, 3.8) is 0 Å². The van der Waals surface area contributed by atoms with Gasteiger partial charge in [-0.25, -0.2) is 4.98 Å². The summed E-state index contributed by atoms with van der Waals surface area (Å²) in [5, 5.41) is 4.33. The van der Waals surface area contributed by atoms with Crippen LogP contribution in [-0.2, 0) is 19.5 Å². The summed E-state index contributed by atoms with van der Waals surface area (Å²) in [6.07, 6.45) is 2.90. The predicted octanol–water partition coefficient (Wildman–Crippen LogP) is 3.60. The topological polar surface area (TPSA) is 34.2 Å². The molecule has 0 radical (unpaired) electrons. The maximum atomic E-state index is 12.0. The molecule has 0 aliphatic rings. The number of aryl methyl sites for hydroxylation is 1. The summed E-state index contributed by atoms with van der Waals surface area (Å²) in [6.45, 7) is 0.695. The van der Waals surface area contributed by atoms with Crippen LogP contribution in [0.25, 0.3) is 0 Å². The van der Waals surface area contributed by atoms with Crippen molar-refractivity contribution in [3.8, 4) is 5.75 Å². The second-order valence-electron chi connectivity index (χ2n) is 4.20. The van der Waals surface area contributed by atoms with E-state index in [4.69, 9.17) is 0 Å². The standard InChI is InChI=1S/C14H16F2N2OS/c1-2-12-8-18-13(20-12)9-17-7-10-3-5-11(6-4-10)19-14(15)16/h3-6,8,14,17H,2,7,9H2,1H3. The fourth-order valence-corrected chi connectivity index (χ4v) is 2.53. The first-order valence-electron chi connectivity index (χ1n) is 6.35. The fraction of sp³-hybridized carbons (Fsp3) is 0.357. The molecule has 1 heterocycles. The molecule has 0 aliphatic carbocycles. The number of aromatic nitrogens is 1. The van der Waals surface area contributed by atoms with Crippen molar-refractivity contribution in [1.82, 2.24) is 10.3 Å². The maximum absolute atomic E-state index is 12.0. The molecule has 0 spiro atoms. The van der Waals surface area contributed by atoms with E-state index in [0.29, 0.717) is 13.1 Å². The number of nitrogens with one attached hydrogen (secondary N) is 1. The molecule has 1 N–H and O–H groups in total. The first kappa shape index (κ1) is 14.9. The lowest BCUT2D eigenvalue weighted by Gasteiger charge is -2.06. The molecule has 0 fully saturated rings. The molecule has 6 heteroatoms. The molecular weight excluding hydrogens is 282 g/mol. The molecule has 0 unspecified atom stereocenters. The lowest BCUT2D eigenvalue weighted by Crippen LogP contribution is -2.12. The molecular formula is C14H16F2N2OS. The van der Waals surface area contributed by atoms with Crippen LogP contribution in [-0.4, -0.2) is 11.6 Å². The van der Waals surface area contributed by atoms with Gasteiger partial charge in [-0.2, -0.15) is 8.78 Å². The Morgan fingerprint density at radius 1 is 1.25 bits per heavy atom. The van der Waals surface area contributed by atoms with E-state index in [0.717, 1.165) is 17.0 Å². The summed E-state index contributed by atoms with van der Waals surface area (Å²) in [5.41, 5.74) is 1.01. The summed E-state index contributed by atoms with van der Waals surface area (Å²) in [7, 11) is 0. The third-order valence-corrected chi connectivity index (χ3v) is 3.85. The van der Waals surface area contributed by atoms with Crippen LogP contribution in [0.15, 0.2) is 30.5 Å². The molecule has 2 aromatic rings. The van der Waals surface area contributed by atoms with Gasteiger partial charge < -0.3 is 10.1 Å². The molecule has 0 atom stereocenters. The Hall–Kier alpha value is -1.53. The molecule has 3 nitrogen and oxygen atoms in total. The summed E-state index contributed by atoms with van der Waals surface area (Å²) in [4.78, 5) is 5.59. The second kappa shape index (κ2) is 7.31. The summed E-state index contributed by atoms with van der Waals surface area (Å²) in [5.74, 6) is 0.177. The summed E-state index contributed by atoms with van der Waals surface area (Å²) in [6, 6.07) is 6.62. The van der Waals surface area contributed by atoms with E-state index in [1.807, 2.05) is 6.20 Å². The van der Waals surface area contributed by atoms with Gasteiger partial charge in [-0.05, 0) is 24.1 Å². The Morgan fingerprint density at radius 3 is 2.60 bits per heavy atom. The van der Waals surface area contributed by atoms with Crippen molar-refractivity contribution in [2.24, 2.45) is 0 Å². The Balaban J connectivity index is 1.79. The van der Waals surface area contributed by atoms with Crippen LogP contribution in [0.5, 0.6) is 5.75 Å². The predicted molar refractivity (Wildman–Crippen MR) is 75.1 cm³/mol. The van der Waals surface area contributed by atoms with Gasteiger partial charge in [-0.15, -0.1) is 11.3 Å². The minimum Gasteiger partial charge on any atom is -0.435 e. The van der Waals surface area contributed by atoms with Crippen LogP contribution in [0.3, 0.4) is 0 Å². The normalized spacial score (nSPS) is 11.0. The van der Waals surface area contributed by atoms with E-state index in [-0.39, 0.29) is 5.75 Å². The van der Waals surface area contributed by atoms with Gasteiger partial charge in [0.2, 0.25) is 0 Å². The highest BCUT2D eigenvalue weighted by atomic mass is 32.1. The van der Waals surface area contributed by atoms with Gasteiger partial charge in [0.15, 0.2) is 0 Å². The monoisotopic (exact) mass is 298 g/mol. The number of thiazole rings is 1. The van der Waals surface area contributed by atoms with Crippen molar-refractivity contribution in [1.29, 1.82) is 0 Å². The Bertz CT molecular complexity index is 528. The van der Waals surface area contributed by atoms with Crippen LogP contribution in [0.2, 0.25) is 0 Å². The zero-order valence-corrected chi connectivity index (χ0v) is 11.9. The van der Waals surface area contributed by atoms with Gasteiger partial charge in [-0.3, -0.25) is 0 Å². The van der Waals surface area contributed by atoms with Crippen molar-refractivity contribution < 1.29 is 13.5 Å². The van der Waals surface area contributed by atoms with Crippen molar-refractivity contribution in [2.45, 2.75) is 33.0 Å². The van der Waals surface area contributed by atoms with Crippen molar-refractivity contribution in [2.75, 3.05) is 0 Å². The summed E-state index contributed by atoms with van der Waals surface area (Å²) >= 11 is 1.70. The first-order chi connectivity index (χ1) is 9.67. The highest BCUT2D eigenvalue weighted by molar-refractivity contribution is 7.11. The number of rotatable bonds is 7. The maximum Gasteiger partial charge on any atom is 0.387 e. The molecule has 0 saturated carbocycles. The van der Waals surface area contributed by atoms with Gasteiger partial charge in [0, 0.05) is 24.2 Å². The van der Waals surface area contributed by atoms with Gasteiger partial charge in [0.25, 0.3) is 0 Å². The molecule has 0 aliphatic heterocycles. The van der Waals surface area contributed by atoms with Crippen molar-refractivity contribution in [3.05, 3.63) is 45.9 Å². The molecule has 0 bridgehead atoms. The Kier molecular flexibility index (Phi) is 5.43. The molecule has 1 aromatic carbocycles. The largest absolute Gasteiger partial charge is 0.435 e. The number of benzene rings is 1. The smallest absolute Gasteiger partial charge is 0.387 e. The molecule has 2 rings (SSSR count). The number of hydrogen-bond acceptors (Lipinski definition) is 4. The Labute approximate surface area is 120 Å². The molecule has 108 valence electrons. The average molecular weight is 298 g/mol. The number of halogens is 2. The highest BCUT2D eigenvalue weighted by Gasteiger charge is 2.04. The molecule has 20 heavy (non-hydrogen) atoms. The van der Waals surface area contributed by atoms with Gasteiger partial charge >= 0.3 is 6.61 Å². The Morgan fingerprint density at radius 2 is 2.00 bits per heavy atom. The van der Waals surface area contributed by atoms with Crippen LogP contribution in [0, 0.1) is 0 Å². The average Bonchev–Trinajstić information content (AvgIpc) is 2.88. The van der Waals surface area contributed by atoms with E-state index < -0.39 is 6.61 Å². The lowest BCUT2D eigenvalue weighted by atomic mass is 10.2. The van der Waals surface area contributed by atoms with Crippen LogP contribution in [0.1, 0.15) is 22.4 Å². The summed E-state index contributed by atoms with van der Waals surface area (Å²) < 4.78 is 28.3.